The first-order valence-electron chi connectivity index (χ1n) is 11.2. The Morgan fingerprint density at radius 1 is 1.27 bits per heavy atom. The Balaban J connectivity index is 1.24. The molecule has 0 saturated carbocycles. The fourth-order valence-corrected chi connectivity index (χ4v) is 6.45. The first-order chi connectivity index (χ1) is 16.1. The second kappa shape index (κ2) is 9.68. The average Bonchev–Trinajstić information content (AvgIpc) is 3.47. The summed E-state index contributed by atoms with van der Waals surface area (Å²) in [6.07, 6.45) is 4.95. The topological polar surface area (TPSA) is 96.8 Å². The summed E-state index contributed by atoms with van der Waals surface area (Å²) in [7, 11) is 0. The van der Waals surface area contributed by atoms with Crippen LogP contribution in [0.15, 0.2) is 24.5 Å². The van der Waals surface area contributed by atoms with Gasteiger partial charge in [-0.1, -0.05) is 0 Å². The summed E-state index contributed by atoms with van der Waals surface area (Å²) in [5.74, 6) is 0.0178. The van der Waals surface area contributed by atoms with Crippen LogP contribution in [-0.4, -0.2) is 45.3 Å². The summed E-state index contributed by atoms with van der Waals surface area (Å²) >= 11 is 3.32. The highest BCUT2D eigenvalue weighted by molar-refractivity contribution is 7.22. The molecule has 8 nitrogen and oxygen atoms in total. The second-order valence-electron chi connectivity index (χ2n) is 8.20. The Labute approximate surface area is 200 Å². The molecule has 33 heavy (non-hydrogen) atoms. The van der Waals surface area contributed by atoms with Gasteiger partial charge in [-0.3, -0.25) is 14.5 Å². The van der Waals surface area contributed by atoms with Gasteiger partial charge in [0.25, 0.3) is 0 Å². The molecule has 0 saturated heterocycles. The molecule has 1 aliphatic heterocycles. The van der Waals surface area contributed by atoms with Crippen molar-refractivity contribution in [3.63, 3.8) is 0 Å². The van der Waals surface area contributed by atoms with E-state index in [1.165, 1.54) is 10.4 Å². The highest BCUT2D eigenvalue weighted by Gasteiger charge is 2.25. The zero-order valence-electron chi connectivity index (χ0n) is 18.8. The minimum absolute atomic E-state index is 0.0178. The van der Waals surface area contributed by atoms with Gasteiger partial charge in [0.15, 0.2) is 0 Å². The van der Waals surface area contributed by atoms with E-state index in [4.69, 9.17) is 4.98 Å². The number of thiophene rings is 1. The van der Waals surface area contributed by atoms with Gasteiger partial charge in [0.2, 0.25) is 5.91 Å². The number of nitrogens with zero attached hydrogens (tertiary/aromatic N) is 4. The molecule has 3 N–H and O–H groups in total. The third-order valence-electron chi connectivity index (χ3n) is 5.72. The number of carbonyl (C=O) groups is 1. The van der Waals surface area contributed by atoms with E-state index in [2.05, 4.69) is 39.0 Å². The number of hydrogen-bond donors (Lipinski definition) is 3. The molecule has 0 fully saturated rings. The van der Waals surface area contributed by atoms with Gasteiger partial charge < -0.3 is 16.0 Å². The number of thiazole rings is 1. The maximum absolute atomic E-state index is 12.8. The SMILES string of the molecule is Cc1cc(C)n(CCNCCC(=O)Nc2sc3c(c2-c2nc4cnccc4s2)CCNC3)n1. The van der Waals surface area contributed by atoms with Gasteiger partial charge in [-0.15, -0.1) is 22.7 Å². The molecule has 5 rings (SSSR count). The Kier molecular flexibility index (Phi) is 6.50. The number of hydrogen-bond acceptors (Lipinski definition) is 8. The van der Waals surface area contributed by atoms with Crippen LogP contribution in [-0.2, 0) is 24.3 Å². The molecule has 1 aliphatic rings. The maximum Gasteiger partial charge on any atom is 0.226 e. The van der Waals surface area contributed by atoms with Gasteiger partial charge in [0.05, 0.1) is 23.1 Å². The minimum atomic E-state index is 0.0178. The van der Waals surface area contributed by atoms with Crippen molar-refractivity contribution in [1.82, 2.24) is 30.4 Å². The van der Waals surface area contributed by atoms with Crippen LogP contribution in [0.3, 0.4) is 0 Å². The summed E-state index contributed by atoms with van der Waals surface area (Å²) in [6.45, 7) is 8.03. The molecule has 0 bridgehead atoms. The normalized spacial score (nSPS) is 13.4. The number of carbonyl (C=O) groups excluding carboxylic acids is 1. The molecule has 4 aromatic heterocycles. The minimum Gasteiger partial charge on any atom is -0.317 e. The number of aromatic nitrogens is 4. The molecule has 5 heterocycles. The van der Waals surface area contributed by atoms with E-state index < -0.39 is 0 Å². The fourth-order valence-electron chi connectivity index (χ4n) is 4.14. The van der Waals surface area contributed by atoms with Crippen LogP contribution in [0.1, 0.15) is 28.2 Å². The largest absolute Gasteiger partial charge is 0.317 e. The third-order valence-corrected chi connectivity index (χ3v) is 7.92. The first-order valence-corrected chi connectivity index (χ1v) is 12.8. The molecule has 1 amide bonds. The number of anilines is 1. The molecular formula is C23H27N7OS2. The van der Waals surface area contributed by atoms with Crippen LogP contribution < -0.4 is 16.0 Å². The number of fused-ring (bicyclic) bond motifs is 2. The Bertz CT molecular complexity index is 1260. The Hall–Kier alpha value is -2.66. The Morgan fingerprint density at radius 3 is 3.00 bits per heavy atom. The predicted molar refractivity (Wildman–Crippen MR) is 134 cm³/mol. The van der Waals surface area contributed by atoms with Crippen molar-refractivity contribution in [2.45, 2.75) is 39.8 Å². The van der Waals surface area contributed by atoms with Crippen molar-refractivity contribution < 1.29 is 4.79 Å². The summed E-state index contributed by atoms with van der Waals surface area (Å²) in [5, 5.41) is 16.3. The van der Waals surface area contributed by atoms with Gasteiger partial charge >= 0.3 is 0 Å². The zero-order valence-corrected chi connectivity index (χ0v) is 20.4. The molecule has 0 radical (unpaired) electrons. The van der Waals surface area contributed by atoms with Gasteiger partial charge in [-0.25, -0.2) is 4.98 Å². The van der Waals surface area contributed by atoms with Crippen LogP contribution in [0.4, 0.5) is 5.00 Å². The molecule has 0 aliphatic carbocycles. The van der Waals surface area contributed by atoms with Crippen molar-refractivity contribution in [2.75, 3.05) is 25.0 Å². The van der Waals surface area contributed by atoms with Crippen LogP contribution in [0.2, 0.25) is 0 Å². The summed E-state index contributed by atoms with van der Waals surface area (Å²) in [4.78, 5) is 23.1. The van der Waals surface area contributed by atoms with E-state index in [9.17, 15) is 4.79 Å². The second-order valence-corrected chi connectivity index (χ2v) is 10.3. The molecule has 0 atom stereocenters. The van der Waals surface area contributed by atoms with E-state index in [0.717, 1.165) is 69.8 Å². The molecular weight excluding hydrogens is 454 g/mol. The number of amides is 1. The standard InChI is InChI=1S/C23H27N7OS2/c1-14-11-15(2)30(29-14)10-9-24-8-5-20(31)28-23-21(16-3-6-26-13-19(16)33-23)22-27-17-12-25-7-4-18(17)32-22/h4,7,11-12,24,26H,3,5-6,8-10,13H2,1-2H3,(H,28,31). The molecule has 0 spiro atoms. The predicted octanol–water partition coefficient (Wildman–Crippen LogP) is 3.50. The van der Waals surface area contributed by atoms with E-state index in [0.29, 0.717) is 13.0 Å². The lowest BCUT2D eigenvalue weighted by Gasteiger charge is -2.13. The van der Waals surface area contributed by atoms with Gasteiger partial charge in [0.1, 0.15) is 15.5 Å². The van der Waals surface area contributed by atoms with Gasteiger partial charge in [-0.2, -0.15) is 5.10 Å². The average molecular weight is 482 g/mol. The van der Waals surface area contributed by atoms with E-state index in [-0.39, 0.29) is 5.91 Å². The monoisotopic (exact) mass is 481 g/mol. The lowest BCUT2D eigenvalue weighted by atomic mass is 10.0. The molecule has 0 aromatic carbocycles. The lowest BCUT2D eigenvalue weighted by molar-refractivity contribution is -0.116. The fraction of sp³-hybridized carbons (Fsp3) is 0.391. The highest BCUT2D eigenvalue weighted by atomic mass is 32.1. The highest BCUT2D eigenvalue weighted by Crippen LogP contribution is 2.44. The van der Waals surface area contributed by atoms with Crippen molar-refractivity contribution in [3.8, 4) is 10.6 Å². The Morgan fingerprint density at radius 2 is 2.18 bits per heavy atom. The molecule has 172 valence electrons. The van der Waals surface area contributed by atoms with Crippen molar-refractivity contribution >= 4 is 43.8 Å². The van der Waals surface area contributed by atoms with Gasteiger partial charge in [-0.05, 0) is 44.5 Å². The number of nitrogens with one attached hydrogen (secondary N) is 3. The van der Waals surface area contributed by atoms with Crippen molar-refractivity contribution in [1.29, 1.82) is 0 Å². The van der Waals surface area contributed by atoms with Crippen molar-refractivity contribution in [3.05, 3.63) is 46.4 Å². The molecule has 4 aromatic rings. The zero-order chi connectivity index (χ0) is 22.8. The summed E-state index contributed by atoms with van der Waals surface area (Å²) in [5.41, 5.74) is 5.48. The first kappa shape index (κ1) is 22.1. The molecule has 10 heteroatoms. The van der Waals surface area contributed by atoms with Gasteiger partial charge in [0, 0.05) is 48.4 Å². The maximum atomic E-state index is 12.8. The number of aryl methyl sites for hydroxylation is 2. The lowest BCUT2D eigenvalue weighted by Crippen LogP contribution is -2.25. The van der Waals surface area contributed by atoms with Crippen LogP contribution in [0, 0.1) is 13.8 Å². The summed E-state index contributed by atoms with van der Waals surface area (Å²) in [6, 6.07) is 4.07. The van der Waals surface area contributed by atoms with E-state index in [1.54, 1.807) is 35.1 Å². The number of pyridine rings is 1. The van der Waals surface area contributed by atoms with E-state index in [1.807, 2.05) is 17.7 Å². The van der Waals surface area contributed by atoms with E-state index >= 15 is 0 Å². The summed E-state index contributed by atoms with van der Waals surface area (Å²) < 4.78 is 3.10. The van der Waals surface area contributed by atoms with Crippen molar-refractivity contribution in [2.24, 2.45) is 0 Å². The quantitative estimate of drug-likeness (QED) is 0.333. The third kappa shape index (κ3) is 4.84. The molecule has 0 unspecified atom stereocenters. The van der Waals surface area contributed by atoms with Crippen LogP contribution in [0.25, 0.3) is 20.8 Å². The smallest absolute Gasteiger partial charge is 0.226 e. The number of rotatable bonds is 8. The van der Waals surface area contributed by atoms with Crippen LogP contribution >= 0.6 is 22.7 Å². The van der Waals surface area contributed by atoms with Crippen LogP contribution in [0.5, 0.6) is 0 Å².